The van der Waals surface area contributed by atoms with Crippen molar-refractivity contribution in [3.8, 4) is 0 Å². The van der Waals surface area contributed by atoms with Crippen molar-refractivity contribution < 1.29 is 63.4 Å². The zero-order valence-electron chi connectivity index (χ0n) is 19.4. The van der Waals surface area contributed by atoms with Crippen LogP contribution in [0.15, 0.2) is 50.5 Å². The number of rotatable bonds is 8. The van der Waals surface area contributed by atoms with E-state index in [1.165, 1.54) is 18.9 Å². The van der Waals surface area contributed by atoms with Crippen molar-refractivity contribution in [2.75, 3.05) is 25.2 Å². The van der Waals surface area contributed by atoms with Crippen molar-refractivity contribution in [2.24, 2.45) is 5.16 Å². The van der Waals surface area contributed by atoms with Crippen molar-refractivity contribution in [1.82, 2.24) is 15.2 Å². The summed E-state index contributed by atoms with van der Waals surface area (Å²) in [6.45, 7) is -0.332. The number of thioether (sulfide) groups is 1. The van der Waals surface area contributed by atoms with E-state index in [1.807, 2.05) is 0 Å². The van der Waals surface area contributed by atoms with Gasteiger partial charge in [0.05, 0.1) is 17.2 Å². The molecule has 1 aromatic carbocycles. The van der Waals surface area contributed by atoms with Gasteiger partial charge in [0, 0.05) is 11.3 Å². The molecule has 12 nitrogen and oxygen atoms in total. The average Bonchev–Trinajstić information content (AvgIpc) is 3.20. The van der Waals surface area contributed by atoms with E-state index >= 15 is 0 Å². The number of carboxylic acid groups (broad SMARTS) is 1. The van der Waals surface area contributed by atoms with E-state index in [1.54, 1.807) is 30.3 Å². The van der Waals surface area contributed by atoms with Crippen LogP contribution >= 0.6 is 39.0 Å². The van der Waals surface area contributed by atoms with Gasteiger partial charge in [-0.3, -0.25) is 14.5 Å². The first-order chi connectivity index (χ1) is 17.2. The molecule has 1 unspecified atom stereocenters. The van der Waals surface area contributed by atoms with Crippen LogP contribution in [0.5, 0.6) is 0 Å². The van der Waals surface area contributed by atoms with Crippen molar-refractivity contribution in [2.45, 2.75) is 11.4 Å². The molecule has 2 aliphatic rings. The minimum absolute atomic E-state index is 0. The van der Waals surface area contributed by atoms with Crippen LogP contribution in [-0.2, 0) is 24.0 Å². The number of fused-ring (bicyclic) bond motifs is 1. The molecule has 3 N–H and O–H groups in total. The summed E-state index contributed by atoms with van der Waals surface area (Å²) in [5, 5.41) is 17.6. The summed E-state index contributed by atoms with van der Waals surface area (Å²) in [5.74, 6) is -3.51. The van der Waals surface area contributed by atoms with Crippen LogP contribution < -0.4 is 45.7 Å². The Bertz CT molecular complexity index is 1300. The number of halogens is 1. The summed E-state index contributed by atoms with van der Waals surface area (Å²) in [6, 6.07) is 7.16. The molecule has 2 atom stereocenters. The first-order valence-corrected chi connectivity index (χ1v) is 12.8. The van der Waals surface area contributed by atoms with Crippen LogP contribution in [0.2, 0.25) is 0 Å². The Labute approximate surface area is 249 Å². The van der Waals surface area contributed by atoms with Gasteiger partial charge in [-0.25, -0.2) is 9.78 Å². The quantitative estimate of drug-likeness (QED) is 0.103. The predicted octanol–water partition coefficient (Wildman–Crippen LogP) is -2.90. The van der Waals surface area contributed by atoms with Gasteiger partial charge in [-0.1, -0.05) is 34.7 Å². The Morgan fingerprint density at radius 2 is 2.03 bits per heavy atom. The molecule has 2 aromatic rings. The normalized spacial score (nSPS) is 18.8. The number of hydrogen-bond acceptors (Lipinski definition) is 12. The second-order valence-corrected chi connectivity index (χ2v) is 10.8. The summed E-state index contributed by atoms with van der Waals surface area (Å²) >= 11 is 5.55. The maximum Gasteiger partial charge on any atom is 1.00 e. The maximum atomic E-state index is 12.9. The molecule has 0 radical (unpaired) electrons. The van der Waals surface area contributed by atoms with Crippen LogP contribution in [0.4, 0.5) is 5.13 Å². The fourth-order valence-corrected chi connectivity index (χ4v) is 6.21. The molecule has 0 aliphatic carbocycles. The summed E-state index contributed by atoms with van der Waals surface area (Å²) in [5.41, 5.74) is 5.74. The minimum atomic E-state index is -1.59. The van der Waals surface area contributed by atoms with Crippen LogP contribution in [0.25, 0.3) is 0 Å². The monoisotopic (exact) mass is 617 g/mol. The molecule has 188 valence electrons. The fourth-order valence-electron chi connectivity index (χ4n) is 3.55. The van der Waals surface area contributed by atoms with Gasteiger partial charge in [0.25, 0.3) is 11.8 Å². The van der Waals surface area contributed by atoms with Crippen molar-refractivity contribution in [3.05, 3.63) is 56.6 Å². The van der Waals surface area contributed by atoms with Crippen LogP contribution in [-0.4, -0.2) is 70.2 Å². The Balaban J connectivity index is 0.00000380. The number of oxime groups is 1. The van der Waals surface area contributed by atoms with E-state index in [2.05, 4.69) is 31.4 Å². The number of β-lactam (4-membered cyclic amide) rings is 1. The van der Waals surface area contributed by atoms with Gasteiger partial charge in [-0.2, -0.15) is 0 Å². The number of carbonyl (C=O) groups is 4. The van der Waals surface area contributed by atoms with Gasteiger partial charge < -0.3 is 30.5 Å². The molecule has 2 amide bonds. The SMILES string of the molecule is CON=C(C(=O)NC1C(=O)N2C(C(=O)[O-])=C(COC(=O)c3ccccc3)CS[C@H]12)c1nc(N)sc1Br.[Na+]. The van der Waals surface area contributed by atoms with Crippen molar-refractivity contribution >= 4 is 73.6 Å². The number of ether oxygens (including phenoxy) is 1. The topological polar surface area (TPSA) is 176 Å². The fraction of sp³-hybridized carbons (Fsp3) is 0.238. The predicted molar refractivity (Wildman–Crippen MR) is 132 cm³/mol. The van der Waals surface area contributed by atoms with E-state index in [9.17, 15) is 24.3 Å². The average molecular weight is 618 g/mol. The molecule has 0 bridgehead atoms. The first kappa shape index (κ1) is 29.1. The Morgan fingerprint density at radius 1 is 1.32 bits per heavy atom. The molecule has 1 aromatic heterocycles. The van der Waals surface area contributed by atoms with E-state index < -0.39 is 35.2 Å². The minimum Gasteiger partial charge on any atom is -0.543 e. The molecule has 37 heavy (non-hydrogen) atoms. The summed E-state index contributed by atoms with van der Waals surface area (Å²) in [6.07, 6.45) is 0. The summed E-state index contributed by atoms with van der Waals surface area (Å²) < 4.78 is 5.68. The summed E-state index contributed by atoms with van der Waals surface area (Å²) in [7, 11) is 1.24. The number of carbonyl (C=O) groups excluding carboxylic acids is 4. The number of nitrogens with zero attached hydrogens (tertiary/aromatic N) is 3. The van der Waals surface area contributed by atoms with Crippen molar-refractivity contribution in [1.29, 1.82) is 0 Å². The van der Waals surface area contributed by atoms with E-state index in [4.69, 9.17) is 15.3 Å². The number of esters is 1. The first-order valence-electron chi connectivity index (χ1n) is 10.2. The second-order valence-electron chi connectivity index (χ2n) is 7.34. The number of hydrogen-bond donors (Lipinski definition) is 2. The molecule has 2 aliphatic heterocycles. The zero-order chi connectivity index (χ0) is 26.0. The number of aliphatic carboxylic acids is 1. The number of nitrogens with two attached hydrogens (primary N) is 1. The number of nitrogen functional groups attached to an aromatic ring is 1. The molecule has 0 spiro atoms. The van der Waals surface area contributed by atoms with Gasteiger partial charge in [0.2, 0.25) is 0 Å². The van der Waals surface area contributed by atoms with Gasteiger partial charge >= 0.3 is 35.5 Å². The number of carboxylic acids is 1. The number of aromatic nitrogens is 1. The molecule has 3 heterocycles. The molecule has 16 heteroatoms. The number of amides is 2. The van der Waals surface area contributed by atoms with Gasteiger partial charge in [0.1, 0.15) is 34.6 Å². The Morgan fingerprint density at radius 3 is 2.62 bits per heavy atom. The maximum absolute atomic E-state index is 12.9. The number of nitrogens with one attached hydrogen (secondary N) is 1. The Kier molecular flexibility index (Phi) is 9.77. The smallest absolute Gasteiger partial charge is 0.543 e. The van der Waals surface area contributed by atoms with Gasteiger partial charge in [-0.05, 0) is 28.1 Å². The molecule has 4 rings (SSSR count). The number of thiazole rings is 1. The van der Waals surface area contributed by atoms with Gasteiger partial charge in [-0.15, -0.1) is 11.8 Å². The third kappa shape index (κ3) is 6.02. The third-order valence-corrected chi connectivity index (χ3v) is 8.01. The van der Waals surface area contributed by atoms with E-state index in [-0.39, 0.29) is 69.7 Å². The largest absolute Gasteiger partial charge is 1.00 e. The second kappa shape index (κ2) is 12.4. The van der Waals surface area contributed by atoms with Crippen LogP contribution in [0.1, 0.15) is 16.1 Å². The van der Waals surface area contributed by atoms with Crippen LogP contribution in [0, 0.1) is 0 Å². The molecule has 1 fully saturated rings. The Hall–Kier alpha value is -2.43. The molecular formula is C21H17BrN5NaO7S2. The van der Waals surface area contributed by atoms with Crippen LogP contribution in [0.3, 0.4) is 0 Å². The van der Waals surface area contributed by atoms with E-state index in [0.29, 0.717) is 9.35 Å². The number of benzene rings is 1. The van der Waals surface area contributed by atoms with Crippen molar-refractivity contribution in [3.63, 3.8) is 0 Å². The zero-order valence-corrected chi connectivity index (χ0v) is 24.6. The molecule has 1 saturated heterocycles. The third-order valence-electron chi connectivity index (χ3n) is 5.14. The molecular weight excluding hydrogens is 601 g/mol. The number of anilines is 1. The molecule has 0 saturated carbocycles. The van der Waals surface area contributed by atoms with E-state index in [0.717, 1.165) is 16.2 Å². The standard InChI is InChI=1S/C21H18BrN5O7S2.Na/c1-33-26-12(11-15(22)36-21(23)25-11)16(28)24-13-17(29)27-14(19(30)31)10(8-35-18(13)27)7-34-20(32)9-5-3-2-4-6-9;/h2-6,13,18H,7-8H2,1H3,(H2,23,25)(H,24,28)(H,30,31);/q;+1/p-1/t13?,18-;/m1./s1. The van der Waals surface area contributed by atoms with Gasteiger partial charge in [0.15, 0.2) is 10.8 Å². The summed E-state index contributed by atoms with van der Waals surface area (Å²) in [4.78, 5) is 59.8.